The average Bonchev–Trinajstić information content (AvgIpc) is 3.13. The number of aromatic nitrogens is 1. The number of carbonyl (C=O) groups is 2. The second kappa shape index (κ2) is 7.46. The lowest BCUT2D eigenvalue weighted by Crippen LogP contribution is -2.58. The molecule has 6 heteroatoms. The van der Waals surface area contributed by atoms with Gasteiger partial charge in [-0.1, -0.05) is 44.2 Å². The van der Waals surface area contributed by atoms with Crippen molar-refractivity contribution in [3.8, 4) is 0 Å². The summed E-state index contributed by atoms with van der Waals surface area (Å²) in [5, 5.41) is 2.87. The van der Waals surface area contributed by atoms with Gasteiger partial charge in [0.15, 0.2) is 11.5 Å². The molecule has 2 amide bonds. The van der Waals surface area contributed by atoms with E-state index in [9.17, 15) is 9.59 Å². The molecule has 1 aliphatic rings. The van der Waals surface area contributed by atoms with Gasteiger partial charge in [0, 0.05) is 31.0 Å². The Morgan fingerprint density at radius 1 is 1.25 bits per heavy atom. The van der Waals surface area contributed by atoms with E-state index < -0.39 is 6.04 Å². The molecule has 0 unspecified atom stereocenters. The quantitative estimate of drug-likeness (QED) is 0.758. The highest BCUT2D eigenvalue weighted by molar-refractivity contribution is 6.00. The van der Waals surface area contributed by atoms with Crippen LogP contribution in [0.25, 0.3) is 11.1 Å². The molecule has 0 radical (unpaired) electrons. The van der Waals surface area contributed by atoms with Gasteiger partial charge in [-0.3, -0.25) is 9.59 Å². The second-order valence-corrected chi connectivity index (χ2v) is 7.38. The Morgan fingerprint density at radius 2 is 2.04 bits per heavy atom. The van der Waals surface area contributed by atoms with Gasteiger partial charge in [-0.25, -0.2) is 4.98 Å². The third kappa shape index (κ3) is 3.50. The first kappa shape index (κ1) is 18.2. The van der Waals surface area contributed by atoms with Gasteiger partial charge in [0.25, 0.3) is 5.91 Å². The molecule has 6 nitrogen and oxygen atoms in total. The predicted octanol–water partition coefficient (Wildman–Crippen LogP) is 3.13. The van der Waals surface area contributed by atoms with Crippen LogP contribution in [0.3, 0.4) is 0 Å². The first-order valence-electron chi connectivity index (χ1n) is 9.56. The summed E-state index contributed by atoms with van der Waals surface area (Å²) in [4.78, 5) is 31.9. The Labute approximate surface area is 163 Å². The van der Waals surface area contributed by atoms with Gasteiger partial charge in [0.05, 0.1) is 0 Å². The zero-order valence-electron chi connectivity index (χ0n) is 16.0. The number of oxazole rings is 1. The van der Waals surface area contributed by atoms with Gasteiger partial charge in [-0.2, -0.15) is 0 Å². The first-order valence-corrected chi connectivity index (χ1v) is 9.56. The molecule has 144 valence electrons. The molecule has 0 spiro atoms. The molecule has 0 saturated carbocycles. The SMILES string of the molecule is CC(C)c1nc2cc(C(=O)N3CCNC(=O)[C@@H]3Cc3ccccc3)ccc2o1. The Hall–Kier alpha value is -3.15. The van der Waals surface area contributed by atoms with E-state index >= 15 is 0 Å². The Bertz CT molecular complexity index is 1010. The monoisotopic (exact) mass is 377 g/mol. The largest absolute Gasteiger partial charge is 0.440 e. The molecule has 1 saturated heterocycles. The maximum atomic E-state index is 13.2. The number of nitrogens with one attached hydrogen (secondary N) is 1. The molecule has 0 aliphatic carbocycles. The van der Waals surface area contributed by atoms with Crippen molar-refractivity contribution in [1.82, 2.24) is 15.2 Å². The molecular formula is C22H23N3O3. The van der Waals surface area contributed by atoms with E-state index in [-0.39, 0.29) is 17.7 Å². The van der Waals surface area contributed by atoms with Gasteiger partial charge in [-0.15, -0.1) is 0 Å². The van der Waals surface area contributed by atoms with Crippen molar-refractivity contribution in [2.75, 3.05) is 13.1 Å². The minimum absolute atomic E-state index is 0.118. The summed E-state index contributed by atoms with van der Waals surface area (Å²) >= 11 is 0. The first-order chi connectivity index (χ1) is 13.5. The number of piperazine rings is 1. The summed E-state index contributed by atoms with van der Waals surface area (Å²) in [5.41, 5.74) is 2.87. The van der Waals surface area contributed by atoms with E-state index in [1.807, 2.05) is 44.2 Å². The van der Waals surface area contributed by atoms with Crippen molar-refractivity contribution in [1.29, 1.82) is 0 Å². The molecule has 28 heavy (non-hydrogen) atoms. The van der Waals surface area contributed by atoms with Crippen LogP contribution in [0.1, 0.15) is 41.6 Å². The molecule has 4 rings (SSSR count). The number of carbonyl (C=O) groups excluding carboxylic acids is 2. The lowest BCUT2D eigenvalue weighted by atomic mass is 10.0. The van der Waals surface area contributed by atoms with Gasteiger partial charge in [0.1, 0.15) is 11.6 Å². The minimum Gasteiger partial charge on any atom is -0.440 e. The second-order valence-electron chi connectivity index (χ2n) is 7.38. The number of hydrogen-bond acceptors (Lipinski definition) is 4. The topological polar surface area (TPSA) is 75.4 Å². The third-order valence-electron chi connectivity index (χ3n) is 5.01. The summed E-state index contributed by atoms with van der Waals surface area (Å²) in [6, 6.07) is 14.5. The minimum atomic E-state index is -0.525. The summed E-state index contributed by atoms with van der Waals surface area (Å²) in [6.07, 6.45) is 0.488. The number of rotatable bonds is 4. The normalized spacial score (nSPS) is 17.2. The predicted molar refractivity (Wildman–Crippen MR) is 106 cm³/mol. The molecule has 1 fully saturated rings. The number of benzene rings is 2. The molecule has 2 heterocycles. The van der Waals surface area contributed by atoms with E-state index in [4.69, 9.17) is 4.42 Å². The van der Waals surface area contributed by atoms with Crippen molar-refractivity contribution in [3.63, 3.8) is 0 Å². The van der Waals surface area contributed by atoms with Crippen LogP contribution in [0.15, 0.2) is 52.9 Å². The molecule has 1 aromatic heterocycles. The van der Waals surface area contributed by atoms with Crippen LogP contribution < -0.4 is 5.32 Å². The van der Waals surface area contributed by atoms with Crippen LogP contribution in [-0.2, 0) is 11.2 Å². The Kier molecular flexibility index (Phi) is 4.86. The maximum Gasteiger partial charge on any atom is 0.254 e. The van der Waals surface area contributed by atoms with Gasteiger partial charge < -0.3 is 14.6 Å². The lowest BCUT2D eigenvalue weighted by molar-refractivity contribution is -0.127. The molecule has 1 atom stereocenters. The average molecular weight is 377 g/mol. The van der Waals surface area contributed by atoms with Crippen molar-refractivity contribution < 1.29 is 14.0 Å². The number of nitrogens with zero attached hydrogens (tertiary/aromatic N) is 2. The van der Waals surface area contributed by atoms with Crippen molar-refractivity contribution in [2.24, 2.45) is 0 Å². The Balaban J connectivity index is 1.62. The fraction of sp³-hybridized carbons (Fsp3) is 0.318. The molecule has 3 aromatic rings. The number of fused-ring (bicyclic) bond motifs is 1. The highest BCUT2D eigenvalue weighted by Gasteiger charge is 2.33. The summed E-state index contributed by atoms with van der Waals surface area (Å²) < 4.78 is 5.73. The van der Waals surface area contributed by atoms with Crippen LogP contribution in [0, 0.1) is 0 Å². The van der Waals surface area contributed by atoms with Crippen LogP contribution in [0.2, 0.25) is 0 Å². The molecule has 1 N–H and O–H groups in total. The smallest absolute Gasteiger partial charge is 0.254 e. The van der Waals surface area contributed by atoms with Crippen molar-refractivity contribution in [2.45, 2.75) is 32.2 Å². The van der Waals surface area contributed by atoms with Crippen LogP contribution in [-0.4, -0.2) is 40.8 Å². The van der Waals surface area contributed by atoms with Crippen LogP contribution >= 0.6 is 0 Å². The summed E-state index contributed by atoms with van der Waals surface area (Å²) in [5.74, 6) is 0.548. The fourth-order valence-electron chi connectivity index (χ4n) is 3.49. The van der Waals surface area contributed by atoms with Crippen molar-refractivity contribution >= 4 is 22.9 Å². The van der Waals surface area contributed by atoms with E-state index in [0.717, 1.165) is 5.56 Å². The van der Waals surface area contributed by atoms with Gasteiger partial charge in [-0.05, 0) is 23.8 Å². The maximum absolute atomic E-state index is 13.2. The van der Waals surface area contributed by atoms with E-state index in [2.05, 4.69) is 10.3 Å². The standard InChI is InChI=1S/C22H23N3O3/c1-14(2)21-24-17-13-16(8-9-19(17)28-21)22(27)25-11-10-23-20(26)18(25)12-15-6-4-3-5-7-15/h3-9,13-14,18H,10-12H2,1-2H3,(H,23,26)/t18-/m0/s1. The Morgan fingerprint density at radius 3 is 2.79 bits per heavy atom. The molecule has 1 aliphatic heterocycles. The highest BCUT2D eigenvalue weighted by atomic mass is 16.3. The number of hydrogen-bond donors (Lipinski definition) is 1. The third-order valence-corrected chi connectivity index (χ3v) is 5.01. The van der Waals surface area contributed by atoms with E-state index in [1.165, 1.54) is 0 Å². The van der Waals surface area contributed by atoms with E-state index in [0.29, 0.717) is 42.1 Å². The summed E-state index contributed by atoms with van der Waals surface area (Å²) in [6.45, 7) is 4.96. The zero-order valence-corrected chi connectivity index (χ0v) is 16.0. The lowest BCUT2D eigenvalue weighted by Gasteiger charge is -2.35. The van der Waals surface area contributed by atoms with Gasteiger partial charge >= 0.3 is 0 Å². The number of amides is 2. The summed E-state index contributed by atoms with van der Waals surface area (Å²) in [7, 11) is 0. The zero-order chi connectivity index (χ0) is 19.7. The van der Waals surface area contributed by atoms with Crippen LogP contribution in [0.4, 0.5) is 0 Å². The van der Waals surface area contributed by atoms with E-state index in [1.54, 1.807) is 23.1 Å². The van der Waals surface area contributed by atoms with Gasteiger partial charge in [0.2, 0.25) is 5.91 Å². The molecular weight excluding hydrogens is 354 g/mol. The molecule has 2 aromatic carbocycles. The van der Waals surface area contributed by atoms with Crippen molar-refractivity contribution in [3.05, 3.63) is 65.5 Å². The fourth-order valence-corrected chi connectivity index (χ4v) is 3.49. The van der Waals surface area contributed by atoms with Crippen LogP contribution in [0.5, 0.6) is 0 Å². The highest BCUT2D eigenvalue weighted by Crippen LogP contribution is 2.23. The molecule has 0 bridgehead atoms.